The fraction of sp³-hybridized carbons (Fsp3) is 0.133. The van der Waals surface area contributed by atoms with Crippen molar-refractivity contribution in [3.8, 4) is 5.75 Å². The maximum Gasteiger partial charge on any atom is 0.252 e. The van der Waals surface area contributed by atoms with Crippen molar-refractivity contribution in [1.82, 2.24) is 0 Å². The third kappa shape index (κ3) is 3.10. The molecule has 1 amide bonds. The second-order valence-electron chi connectivity index (χ2n) is 4.22. The van der Waals surface area contributed by atoms with Crippen molar-refractivity contribution in [3.05, 3.63) is 64.7 Å². The van der Waals surface area contributed by atoms with Gasteiger partial charge in [-0.1, -0.05) is 41.9 Å². The molecule has 0 spiro atoms. The lowest BCUT2D eigenvalue weighted by Crippen LogP contribution is -2.21. The van der Waals surface area contributed by atoms with Crippen LogP contribution in [0.15, 0.2) is 48.5 Å². The van der Waals surface area contributed by atoms with Crippen LogP contribution in [0.25, 0.3) is 0 Å². The normalized spacial score (nSPS) is 11.9. The summed E-state index contributed by atoms with van der Waals surface area (Å²) >= 11 is 6.14. The molecule has 0 aliphatic rings. The summed E-state index contributed by atoms with van der Waals surface area (Å²) in [4.78, 5) is 11.4. The third-order valence-corrected chi connectivity index (χ3v) is 3.23. The Morgan fingerprint density at radius 2 is 1.80 bits per heavy atom. The molecule has 5 heteroatoms. The van der Waals surface area contributed by atoms with Gasteiger partial charge in [-0.05, 0) is 18.2 Å². The molecule has 2 aromatic rings. The fourth-order valence-corrected chi connectivity index (χ4v) is 2.16. The standard InChI is InChI=1S/C15H15ClN2O2/c16-12-7-3-1-5-10(12)14(9-17)20-13-8-4-2-6-11(13)15(18)19/h1-8,14H,9,17H2,(H2,18,19). The van der Waals surface area contributed by atoms with Crippen LogP contribution >= 0.6 is 11.6 Å². The van der Waals surface area contributed by atoms with Crippen molar-refractivity contribution < 1.29 is 9.53 Å². The van der Waals surface area contributed by atoms with Crippen LogP contribution in [0.1, 0.15) is 22.0 Å². The predicted octanol–water partition coefficient (Wildman–Crippen LogP) is 2.52. The molecule has 0 heterocycles. The van der Waals surface area contributed by atoms with Gasteiger partial charge in [-0.2, -0.15) is 0 Å². The van der Waals surface area contributed by atoms with Crippen molar-refractivity contribution >= 4 is 17.5 Å². The summed E-state index contributed by atoms with van der Waals surface area (Å²) in [6.45, 7) is 0.233. The van der Waals surface area contributed by atoms with E-state index in [-0.39, 0.29) is 6.54 Å². The minimum absolute atomic E-state index is 0.233. The minimum atomic E-state index is -0.546. The number of carbonyl (C=O) groups excluding carboxylic acids is 1. The molecule has 104 valence electrons. The molecule has 0 aliphatic heterocycles. The number of ether oxygens (including phenoxy) is 1. The Kier molecular flexibility index (Phi) is 4.61. The highest BCUT2D eigenvalue weighted by molar-refractivity contribution is 6.31. The van der Waals surface area contributed by atoms with E-state index in [1.807, 2.05) is 18.2 Å². The second-order valence-corrected chi connectivity index (χ2v) is 4.63. The van der Waals surface area contributed by atoms with Crippen molar-refractivity contribution in [2.45, 2.75) is 6.10 Å². The smallest absolute Gasteiger partial charge is 0.252 e. The summed E-state index contributed by atoms with van der Waals surface area (Å²) in [5, 5.41) is 0.569. The number of nitrogens with two attached hydrogens (primary N) is 2. The number of rotatable bonds is 5. The predicted molar refractivity (Wildman–Crippen MR) is 78.8 cm³/mol. The number of benzene rings is 2. The molecule has 0 bridgehead atoms. The number of halogens is 1. The molecule has 0 aromatic heterocycles. The summed E-state index contributed by atoms with van der Waals surface area (Å²) in [5.74, 6) is -0.147. The monoisotopic (exact) mass is 290 g/mol. The van der Waals surface area contributed by atoms with Gasteiger partial charge in [0.05, 0.1) is 5.56 Å². The summed E-state index contributed by atoms with van der Waals surface area (Å²) in [7, 11) is 0. The summed E-state index contributed by atoms with van der Waals surface area (Å²) < 4.78 is 5.81. The van der Waals surface area contributed by atoms with Gasteiger partial charge in [0.15, 0.2) is 0 Å². The lowest BCUT2D eigenvalue weighted by atomic mass is 10.1. The Morgan fingerprint density at radius 1 is 1.15 bits per heavy atom. The number of primary amides is 1. The highest BCUT2D eigenvalue weighted by atomic mass is 35.5. The number of hydrogen-bond acceptors (Lipinski definition) is 3. The first kappa shape index (κ1) is 14.4. The quantitative estimate of drug-likeness (QED) is 0.888. The van der Waals surface area contributed by atoms with Gasteiger partial charge < -0.3 is 16.2 Å². The Morgan fingerprint density at radius 3 is 2.45 bits per heavy atom. The number of para-hydroxylation sites is 1. The zero-order valence-electron chi connectivity index (χ0n) is 10.8. The van der Waals surface area contributed by atoms with Gasteiger partial charge in [0, 0.05) is 17.1 Å². The Balaban J connectivity index is 2.32. The first-order valence-electron chi connectivity index (χ1n) is 6.13. The van der Waals surface area contributed by atoms with Gasteiger partial charge in [-0.25, -0.2) is 0 Å². The van der Waals surface area contributed by atoms with Crippen molar-refractivity contribution in [3.63, 3.8) is 0 Å². The van der Waals surface area contributed by atoms with Crippen molar-refractivity contribution in [1.29, 1.82) is 0 Å². The molecule has 2 rings (SSSR count). The van der Waals surface area contributed by atoms with Crippen LogP contribution in [0.4, 0.5) is 0 Å². The Bertz CT molecular complexity index is 616. The van der Waals surface area contributed by atoms with E-state index in [4.69, 9.17) is 27.8 Å². The van der Waals surface area contributed by atoms with Crippen LogP contribution in [0.5, 0.6) is 5.75 Å². The summed E-state index contributed by atoms with van der Waals surface area (Å²) in [5.41, 5.74) is 12.2. The van der Waals surface area contributed by atoms with Crippen LogP contribution in [0, 0.1) is 0 Å². The van der Waals surface area contributed by atoms with E-state index in [0.717, 1.165) is 5.56 Å². The molecule has 0 aliphatic carbocycles. The summed E-state index contributed by atoms with van der Waals surface area (Å²) in [6.07, 6.45) is -0.441. The molecule has 4 N–H and O–H groups in total. The Hall–Kier alpha value is -2.04. The fourth-order valence-electron chi connectivity index (χ4n) is 1.90. The van der Waals surface area contributed by atoms with Gasteiger partial charge in [-0.15, -0.1) is 0 Å². The summed E-state index contributed by atoms with van der Waals surface area (Å²) in [6, 6.07) is 14.1. The molecule has 1 atom stereocenters. The molecule has 20 heavy (non-hydrogen) atoms. The highest BCUT2D eigenvalue weighted by Gasteiger charge is 2.17. The van der Waals surface area contributed by atoms with E-state index in [9.17, 15) is 4.79 Å². The molecular weight excluding hydrogens is 276 g/mol. The molecule has 1 unspecified atom stereocenters. The number of hydrogen-bond donors (Lipinski definition) is 2. The SMILES string of the molecule is NCC(Oc1ccccc1C(N)=O)c1ccccc1Cl. The molecule has 0 saturated carbocycles. The maximum atomic E-state index is 11.4. The van der Waals surface area contributed by atoms with Gasteiger partial charge in [0.2, 0.25) is 0 Å². The first-order chi connectivity index (χ1) is 9.63. The average molecular weight is 291 g/mol. The van der Waals surface area contributed by atoms with Crippen molar-refractivity contribution in [2.24, 2.45) is 11.5 Å². The third-order valence-electron chi connectivity index (χ3n) is 2.89. The largest absolute Gasteiger partial charge is 0.484 e. The van der Waals surface area contributed by atoms with Crippen LogP contribution in [0.3, 0.4) is 0 Å². The van der Waals surface area contributed by atoms with Crippen LogP contribution in [-0.4, -0.2) is 12.5 Å². The molecule has 0 saturated heterocycles. The zero-order valence-corrected chi connectivity index (χ0v) is 11.5. The van der Waals surface area contributed by atoms with Gasteiger partial charge in [0.25, 0.3) is 5.91 Å². The van der Waals surface area contributed by atoms with E-state index in [1.54, 1.807) is 30.3 Å². The van der Waals surface area contributed by atoms with Crippen LogP contribution < -0.4 is 16.2 Å². The van der Waals surface area contributed by atoms with E-state index < -0.39 is 12.0 Å². The number of amides is 1. The van der Waals surface area contributed by atoms with Crippen LogP contribution in [-0.2, 0) is 0 Å². The average Bonchev–Trinajstić information content (AvgIpc) is 2.46. The topological polar surface area (TPSA) is 78.3 Å². The zero-order chi connectivity index (χ0) is 14.5. The molecular formula is C15H15ClN2O2. The van der Waals surface area contributed by atoms with E-state index in [2.05, 4.69) is 0 Å². The molecule has 2 aromatic carbocycles. The van der Waals surface area contributed by atoms with E-state index >= 15 is 0 Å². The van der Waals surface area contributed by atoms with E-state index in [0.29, 0.717) is 16.3 Å². The second kappa shape index (κ2) is 6.41. The Labute approximate surface area is 122 Å². The molecule has 0 fully saturated rings. The van der Waals surface area contributed by atoms with Gasteiger partial charge >= 0.3 is 0 Å². The highest BCUT2D eigenvalue weighted by Crippen LogP contribution is 2.28. The first-order valence-corrected chi connectivity index (χ1v) is 6.51. The lowest BCUT2D eigenvalue weighted by Gasteiger charge is -2.20. The maximum absolute atomic E-state index is 11.4. The van der Waals surface area contributed by atoms with Gasteiger partial charge in [0.1, 0.15) is 11.9 Å². The minimum Gasteiger partial charge on any atom is -0.484 e. The van der Waals surface area contributed by atoms with Crippen LogP contribution in [0.2, 0.25) is 5.02 Å². The van der Waals surface area contributed by atoms with E-state index in [1.165, 1.54) is 0 Å². The van der Waals surface area contributed by atoms with Gasteiger partial charge in [-0.3, -0.25) is 4.79 Å². The number of carbonyl (C=O) groups is 1. The van der Waals surface area contributed by atoms with Crippen molar-refractivity contribution in [2.75, 3.05) is 6.54 Å². The lowest BCUT2D eigenvalue weighted by molar-refractivity contribution is 0.0993. The molecule has 0 radical (unpaired) electrons. The molecule has 4 nitrogen and oxygen atoms in total.